The Bertz CT molecular complexity index is 650. The lowest BCUT2D eigenvalue weighted by atomic mass is 10.1. The minimum Gasteiger partial charge on any atom is -0.371 e. The van der Waals surface area contributed by atoms with Gasteiger partial charge in [-0.2, -0.15) is 0 Å². The summed E-state index contributed by atoms with van der Waals surface area (Å²) in [4.78, 5) is 21.6. The summed E-state index contributed by atoms with van der Waals surface area (Å²) >= 11 is 1.91. The molecule has 3 aliphatic heterocycles. The molecule has 0 aromatic heterocycles. The molecule has 3 heterocycles. The van der Waals surface area contributed by atoms with E-state index in [0.717, 1.165) is 38.5 Å². The summed E-state index contributed by atoms with van der Waals surface area (Å²) in [6.45, 7) is 5.94. The highest BCUT2D eigenvalue weighted by Crippen LogP contribution is 2.32. The lowest BCUT2D eigenvalue weighted by Crippen LogP contribution is -2.54. The molecule has 0 aliphatic carbocycles. The summed E-state index contributed by atoms with van der Waals surface area (Å²) in [7, 11) is 0. The van der Waals surface area contributed by atoms with E-state index in [1.54, 1.807) is 0 Å². The number of rotatable bonds is 8. The van der Waals surface area contributed by atoms with Crippen molar-refractivity contribution < 1.29 is 19.4 Å². The van der Waals surface area contributed by atoms with Crippen molar-refractivity contribution >= 4 is 24.2 Å². The number of thioether (sulfide) groups is 1. The van der Waals surface area contributed by atoms with Crippen molar-refractivity contribution in [2.24, 2.45) is 0 Å². The maximum atomic E-state index is 10.6. The molecule has 29 heavy (non-hydrogen) atoms. The van der Waals surface area contributed by atoms with E-state index in [9.17, 15) is 10.1 Å². The number of halogens is 1. The third-order valence-corrected chi connectivity index (χ3v) is 6.81. The lowest BCUT2D eigenvalue weighted by Gasteiger charge is -2.38. The molecule has 0 amide bonds. The van der Waals surface area contributed by atoms with E-state index in [-0.39, 0.29) is 37.3 Å². The molecule has 8 nitrogen and oxygen atoms in total. The predicted octanol–water partition coefficient (Wildman–Crippen LogP) is 1.95. The zero-order valence-corrected chi connectivity index (χ0v) is 17.9. The Kier molecular flexibility index (Phi) is 8.40. The second kappa shape index (κ2) is 10.8. The lowest BCUT2D eigenvalue weighted by molar-refractivity contribution is -0.769. The van der Waals surface area contributed by atoms with Gasteiger partial charge in [-0.3, -0.25) is 4.90 Å². The number of nitrogens with zero attached hydrogens (tertiary/aromatic N) is 3. The Morgan fingerprint density at radius 2 is 1.83 bits per heavy atom. The van der Waals surface area contributed by atoms with E-state index < -0.39 is 11.2 Å². The fraction of sp³-hybridized carbons (Fsp3) is 0.684. The van der Waals surface area contributed by atoms with Crippen LogP contribution >= 0.6 is 24.2 Å². The summed E-state index contributed by atoms with van der Waals surface area (Å²) in [6.07, 6.45) is 0.121. The van der Waals surface area contributed by atoms with E-state index in [1.807, 2.05) is 17.8 Å². The van der Waals surface area contributed by atoms with Crippen molar-refractivity contribution in [2.75, 3.05) is 51.7 Å². The molecule has 0 saturated carbocycles. The Labute approximate surface area is 181 Å². The van der Waals surface area contributed by atoms with E-state index in [4.69, 9.17) is 14.3 Å². The molecule has 10 heteroatoms. The van der Waals surface area contributed by atoms with Gasteiger partial charge < -0.3 is 19.2 Å². The quantitative estimate of drug-likeness (QED) is 0.260. The van der Waals surface area contributed by atoms with Crippen LogP contribution in [-0.4, -0.2) is 90.9 Å². The molecular formula is C19H28ClN3O5S. The third-order valence-electron chi connectivity index (χ3n) is 5.71. The molecule has 3 aliphatic rings. The van der Waals surface area contributed by atoms with Gasteiger partial charge in [0.15, 0.2) is 6.10 Å². The molecule has 0 bridgehead atoms. The van der Waals surface area contributed by atoms with Gasteiger partial charge in [0.05, 0.1) is 19.3 Å². The summed E-state index contributed by atoms with van der Waals surface area (Å²) in [5, 5.41) is 9.86. The highest BCUT2D eigenvalue weighted by molar-refractivity contribution is 7.99. The minimum atomic E-state index is -0.748. The highest BCUT2D eigenvalue weighted by atomic mass is 35.5. The molecule has 4 rings (SSSR count). The average Bonchev–Trinajstić information content (AvgIpc) is 3.29. The van der Waals surface area contributed by atoms with Crippen molar-refractivity contribution in [3.8, 4) is 0 Å². The van der Waals surface area contributed by atoms with Crippen molar-refractivity contribution in [1.82, 2.24) is 9.80 Å². The molecule has 1 aromatic rings. The van der Waals surface area contributed by atoms with Crippen LogP contribution in [0.2, 0.25) is 0 Å². The molecule has 0 radical (unpaired) electrons. The number of fused-ring (bicyclic) bond motifs is 1. The average molecular weight is 446 g/mol. The van der Waals surface area contributed by atoms with Crippen LogP contribution in [0, 0.1) is 10.1 Å². The third kappa shape index (κ3) is 5.74. The van der Waals surface area contributed by atoms with Crippen LogP contribution in [0.1, 0.15) is 6.42 Å². The second-order valence-electron chi connectivity index (χ2n) is 7.42. The first-order valence-corrected chi connectivity index (χ1v) is 10.9. The van der Waals surface area contributed by atoms with E-state index in [1.165, 1.54) is 11.3 Å². The van der Waals surface area contributed by atoms with Gasteiger partial charge in [0, 0.05) is 31.1 Å². The number of piperazine rings is 1. The molecule has 0 N–H and O–H groups in total. The predicted molar refractivity (Wildman–Crippen MR) is 112 cm³/mol. The first-order chi connectivity index (χ1) is 13.7. The largest absolute Gasteiger partial charge is 0.371 e. The van der Waals surface area contributed by atoms with E-state index in [0.29, 0.717) is 6.61 Å². The van der Waals surface area contributed by atoms with Crippen LogP contribution < -0.4 is 0 Å². The molecule has 4 unspecified atom stereocenters. The molecule has 162 valence electrons. The number of hydrogen-bond donors (Lipinski definition) is 0. The Morgan fingerprint density at radius 1 is 1.10 bits per heavy atom. The van der Waals surface area contributed by atoms with Crippen molar-refractivity contribution in [3.63, 3.8) is 0 Å². The molecule has 0 spiro atoms. The van der Waals surface area contributed by atoms with Crippen molar-refractivity contribution in [1.29, 1.82) is 0 Å². The molecule has 3 saturated heterocycles. The summed E-state index contributed by atoms with van der Waals surface area (Å²) in [5.74, 6) is 1.14. The number of ether oxygens (including phenoxy) is 2. The molecule has 3 fully saturated rings. The standard InChI is InChI=1S/C19H27N3O5S.ClH/c23-22(24)27-17-14-26-18-16(13-25-19(17)18)21-10-8-20(9-11-21)7-4-12-28-15-5-2-1-3-6-15;/h1-3,5-6,16-19H,4,7-14H2;1H. The van der Waals surface area contributed by atoms with Gasteiger partial charge in [-0.15, -0.1) is 34.3 Å². The van der Waals surface area contributed by atoms with Crippen LogP contribution in [0.15, 0.2) is 35.2 Å². The topological polar surface area (TPSA) is 77.3 Å². The number of benzene rings is 1. The fourth-order valence-electron chi connectivity index (χ4n) is 4.27. The molecular weight excluding hydrogens is 418 g/mol. The first kappa shape index (κ1) is 22.6. The molecule has 1 aromatic carbocycles. The maximum absolute atomic E-state index is 10.6. The monoisotopic (exact) mass is 445 g/mol. The van der Waals surface area contributed by atoms with Gasteiger partial charge in [-0.1, -0.05) is 18.2 Å². The fourth-order valence-corrected chi connectivity index (χ4v) is 5.13. The van der Waals surface area contributed by atoms with Crippen LogP contribution in [-0.2, 0) is 14.3 Å². The van der Waals surface area contributed by atoms with E-state index >= 15 is 0 Å². The van der Waals surface area contributed by atoms with Gasteiger partial charge in [0.2, 0.25) is 0 Å². The normalized spacial score (nSPS) is 29.9. The SMILES string of the molecule is Cl.O=[N+]([O-])OC1COC2C1OCC2N1CCN(CCCSc2ccccc2)CC1. The smallest absolute Gasteiger partial charge is 0.294 e. The van der Waals surface area contributed by atoms with Gasteiger partial charge >= 0.3 is 0 Å². The summed E-state index contributed by atoms with van der Waals surface area (Å²) in [6, 6.07) is 10.7. The minimum absolute atomic E-state index is 0. The van der Waals surface area contributed by atoms with Gasteiger partial charge in [-0.25, -0.2) is 0 Å². The summed E-state index contributed by atoms with van der Waals surface area (Å²) < 4.78 is 11.6. The Hall–Kier alpha value is -1.10. The second-order valence-corrected chi connectivity index (χ2v) is 8.59. The first-order valence-electron chi connectivity index (χ1n) is 9.89. The summed E-state index contributed by atoms with van der Waals surface area (Å²) in [5.41, 5.74) is 0. The number of hydrogen-bond acceptors (Lipinski definition) is 8. The van der Waals surface area contributed by atoms with E-state index in [2.05, 4.69) is 34.1 Å². The van der Waals surface area contributed by atoms with Crippen molar-refractivity contribution in [3.05, 3.63) is 40.4 Å². The zero-order chi connectivity index (χ0) is 19.3. The van der Waals surface area contributed by atoms with Gasteiger partial charge in [-0.05, 0) is 30.9 Å². The zero-order valence-electron chi connectivity index (χ0n) is 16.3. The van der Waals surface area contributed by atoms with Crippen LogP contribution in [0.3, 0.4) is 0 Å². The highest BCUT2D eigenvalue weighted by Gasteiger charge is 2.51. The molecule has 4 atom stereocenters. The van der Waals surface area contributed by atoms with Crippen LogP contribution in [0.5, 0.6) is 0 Å². The maximum Gasteiger partial charge on any atom is 0.294 e. The van der Waals surface area contributed by atoms with Gasteiger partial charge in [0.1, 0.15) is 12.2 Å². The van der Waals surface area contributed by atoms with Crippen LogP contribution in [0.4, 0.5) is 0 Å². The van der Waals surface area contributed by atoms with Crippen LogP contribution in [0.25, 0.3) is 0 Å². The van der Waals surface area contributed by atoms with Gasteiger partial charge in [0.25, 0.3) is 5.09 Å². The van der Waals surface area contributed by atoms with Crippen molar-refractivity contribution in [2.45, 2.75) is 35.7 Å². The Morgan fingerprint density at radius 3 is 2.55 bits per heavy atom. The Balaban J connectivity index is 0.00000240.